The second-order valence-electron chi connectivity index (χ2n) is 6.28. The molecule has 0 spiro atoms. The lowest BCUT2D eigenvalue weighted by Gasteiger charge is -2.35. The Balaban J connectivity index is 3.01. The Morgan fingerprint density at radius 3 is 2.05 bits per heavy atom. The van der Waals surface area contributed by atoms with Crippen LogP contribution < -0.4 is 5.32 Å². The molecule has 0 radical (unpaired) electrons. The van der Waals surface area contributed by atoms with Gasteiger partial charge >= 0.3 is 0 Å². The highest BCUT2D eigenvalue weighted by atomic mass is 16.2. The minimum absolute atomic E-state index is 0.0138. The fraction of sp³-hybridized carbons (Fsp3) is 0.588. The molecule has 0 bridgehead atoms. The Morgan fingerprint density at radius 1 is 1.15 bits per heavy atom. The summed E-state index contributed by atoms with van der Waals surface area (Å²) < 4.78 is 0.715. The van der Waals surface area contributed by atoms with Gasteiger partial charge in [0.1, 0.15) is 0 Å². The first-order valence-corrected chi connectivity index (χ1v) is 7.44. The second-order valence-corrected chi connectivity index (χ2v) is 6.28. The highest BCUT2D eigenvalue weighted by molar-refractivity contribution is 5.95. The first-order chi connectivity index (χ1) is 9.22. The lowest BCUT2D eigenvalue weighted by molar-refractivity contribution is -0.904. The van der Waals surface area contributed by atoms with Gasteiger partial charge in [-0.15, -0.1) is 0 Å². The molecule has 0 saturated carbocycles. The van der Waals surface area contributed by atoms with E-state index in [0.717, 1.165) is 29.8 Å². The van der Waals surface area contributed by atoms with Crippen molar-refractivity contribution in [1.82, 2.24) is 0 Å². The van der Waals surface area contributed by atoms with Crippen molar-refractivity contribution in [2.24, 2.45) is 0 Å². The molecule has 1 rings (SSSR count). The predicted molar refractivity (Wildman–Crippen MR) is 86.0 cm³/mol. The van der Waals surface area contributed by atoms with E-state index in [0.29, 0.717) is 4.48 Å². The molecule has 0 aliphatic carbocycles. The molecule has 0 aromatic heterocycles. The van der Waals surface area contributed by atoms with Crippen molar-refractivity contribution in [2.75, 3.05) is 26.0 Å². The van der Waals surface area contributed by atoms with Crippen LogP contribution in [0.15, 0.2) is 12.1 Å². The number of nitrogens with one attached hydrogen (secondary N) is 1. The van der Waals surface area contributed by atoms with Crippen molar-refractivity contribution in [3.8, 4) is 0 Å². The topological polar surface area (TPSA) is 29.1 Å². The lowest BCUT2D eigenvalue weighted by atomic mass is 10.0. The Kier molecular flexibility index (Phi) is 5.35. The van der Waals surface area contributed by atoms with Crippen molar-refractivity contribution in [3.05, 3.63) is 28.8 Å². The standard InChI is InChI=1S/C17H28N2O/c1-8-15(19(6,7)9-2)17(20)18-16-13(4)10-12(3)11-14(16)5/h10-11,15H,8-9H2,1-7H3/p+1. The van der Waals surface area contributed by atoms with E-state index in [1.807, 2.05) is 0 Å². The van der Waals surface area contributed by atoms with Crippen LogP contribution in [0.1, 0.15) is 37.0 Å². The van der Waals surface area contributed by atoms with Crippen LogP contribution in [0.25, 0.3) is 0 Å². The van der Waals surface area contributed by atoms with Gasteiger partial charge in [-0.05, 0) is 38.8 Å². The predicted octanol–water partition coefficient (Wildman–Crippen LogP) is 3.43. The van der Waals surface area contributed by atoms with Crippen molar-refractivity contribution in [3.63, 3.8) is 0 Å². The molecule has 112 valence electrons. The number of carbonyl (C=O) groups excluding carboxylic acids is 1. The van der Waals surface area contributed by atoms with Crippen LogP contribution in [0.4, 0.5) is 5.69 Å². The van der Waals surface area contributed by atoms with E-state index in [1.54, 1.807) is 0 Å². The van der Waals surface area contributed by atoms with Crippen LogP contribution in [0.5, 0.6) is 0 Å². The van der Waals surface area contributed by atoms with Gasteiger partial charge in [-0.25, -0.2) is 0 Å². The average molecular weight is 277 g/mol. The molecule has 1 amide bonds. The fourth-order valence-corrected chi connectivity index (χ4v) is 2.80. The van der Waals surface area contributed by atoms with Gasteiger partial charge in [0.15, 0.2) is 6.04 Å². The average Bonchev–Trinajstić information content (AvgIpc) is 2.34. The molecule has 0 aliphatic rings. The summed E-state index contributed by atoms with van der Waals surface area (Å²) in [5, 5.41) is 3.14. The summed E-state index contributed by atoms with van der Waals surface area (Å²) in [5.41, 5.74) is 4.46. The van der Waals surface area contributed by atoms with Crippen LogP contribution in [0.3, 0.4) is 0 Å². The Morgan fingerprint density at radius 2 is 1.65 bits per heavy atom. The Labute approximate surface area is 123 Å². The largest absolute Gasteiger partial charge is 0.320 e. The summed E-state index contributed by atoms with van der Waals surface area (Å²) in [7, 11) is 4.23. The fourth-order valence-electron chi connectivity index (χ4n) is 2.80. The van der Waals surface area contributed by atoms with Gasteiger partial charge < -0.3 is 9.80 Å². The zero-order valence-electron chi connectivity index (χ0n) is 14.0. The SMILES string of the molecule is CCC(C(=O)Nc1c(C)cc(C)cc1C)[N+](C)(C)CC. The molecule has 0 fully saturated rings. The number of anilines is 1. The summed E-state index contributed by atoms with van der Waals surface area (Å²) in [5.74, 6) is 0.120. The quantitative estimate of drug-likeness (QED) is 0.821. The third-order valence-electron chi connectivity index (χ3n) is 4.27. The number of quaternary nitrogens is 1. The molecule has 1 aromatic rings. The summed E-state index contributed by atoms with van der Waals surface area (Å²) in [4.78, 5) is 12.6. The van der Waals surface area contributed by atoms with E-state index in [-0.39, 0.29) is 11.9 Å². The summed E-state index contributed by atoms with van der Waals surface area (Å²) in [6.45, 7) is 11.3. The van der Waals surface area contributed by atoms with Gasteiger partial charge in [-0.1, -0.05) is 24.6 Å². The van der Waals surface area contributed by atoms with Gasteiger partial charge in [0.2, 0.25) is 0 Å². The van der Waals surface area contributed by atoms with Crippen molar-refractivity contribution in [2.45, 2.75) is 47.1 Å². The number of likely N-dealkylation sites (N-methyl/N-ethyl adjacent to an activating group) is 1. The summed E-state index contributed by atoms with van der Waals surface area (Å²) in [6.07, 6.45) is 0.844. The monoisotopic (exact) mass is 277 g/mol. The van der Waals surface area contributed by atoms with Gasteiger partial charge in [-0.3, -0.25) is 4.79 Å². The highest BCUT2D eigenvalue weighted by Gasteiger charge is 2.32. The molecule has 0 saturated heterocycles. The number of hydrogen-bond donors (Lipinski definition) is 1. The normalized spacial score (nSPS) is 13.2. The molecule has 1 aromatic carbocycles. The summed E-state index contributed by atoms with van der Waals surface area (Å²) in [6, 6.07) is 4.22. The number of carbonyl (C=O) groups is 1. The van der Waals surface area contributed by atoms with E-state index < -0.39 is 0 Å². The van der Waals surface area contributed by atoms with Gasteiger partial charge in [0, 0.05) is 12.1 Å². The smallest absolute Gasteiger partial charge is 0.282 e. The maximum atomic E-state index is 12.6. The zero-order chi connectivity index (χ0) is 15.5. The number of hydrogen-bond acceptors (Lipinski definition) is 1. The maximum absolute atomic E-state index is 12.6. The van der Waals surface area contributed by atoms with E-state index in [9.17, 15) is 4.79 Å². The second kappa shape index (κ2) is 6.40. The number of amides is 1. The van der Waals surface area contributed by atoms with Crippen LogP contribution in [-0.4, -0.2) is 37.1 Å². The summed E-state index contributed by atoms with van der Waals surface area (Å²) >= 11 is 0. The van der Waals surface area contributed by atoms with Crippen molar-refractivity contribution in [1.29, 1.82) is 0 Å². The van der Waals surface area contributed by atoms with Crippen LogP contribution in [0.2, 0.25) is 0 Å². The molecule has 0 aliphatic heterocycles. The lowest BCUT2D eigenvalue weighted by Crippen LogP contribution is -2.54. The molecular weight excluding hydrogens is 248 g/mol. The number of nitrogens with zero attached hydrogens (tertiary/aromatic N) is 1. The third-order valence-corrected chi connectivity index (χ3v) is 4.27. The molecular formula is C17H29N2O+. The minimum atomic E-state index is -0.0138. The van der Waals surface area contributed by atoms with E-state index >= 15 is 0 Å². The van der Waals surface area contributed by atoms with Gasteiger partial charge in [0.05, 0.1) is 20.6 Å². The van der Waals surface area contributed by atoms with E-state index in [4.69, 9.17) is 0 Å². The first kappa shape index (κ1) is 16.7. The molecule has 20 heavy (non-hydrogen) atoms. The third kappa shape index (κ3) is 3.60. The molecule has 3 nitrogen and oxygen atoms in total. The van der Waals surface area contributed by atoms with Crippen molar-refractivity contribution >= 4 is 11.6 Å². The minimum Gasteiger partial charge on any atom is -0.320 e. The zero-order valence-corrected chi connectivity index (χ0v) is 14.0. The number of aryl methyl sites for hydroxylation is 3. The molecule has 1 N–H and O–H groups in total. The Hall–Kier alpha value is -1.35. The first-order valence-electron chi connectivity index (χ1n) is 7.44. The molecule has 1 unspecified atom stereocenters. The highest BCUT2D eigenvalue weighted by Crippen LogP contribution is 2.23. The molecule has 1 atom stereocenters. The van der Waals surface area contributed by atoms with Crippen molar-refractivity contribution < 1.29 is 9.28 Å². The van der Waals surface area contributed by atoms with Crippen LogP contribution in [0, 0.1) is 20.8 Å². The van der Waals surface area contributed by atoms with Gasteiger partial charge in [0.25, 0.3) is 5.91 Å². The van der Waals surface area contributed by atoms with Crippen LogP contribution >= 0.6 is 0 Å². The number of rotatable bonds is 5. The Bertz CT molecular complexity index is 469. The van der Waals surface area contributed by atoms with Gasteiger partial charge in [-0.2, -0.15) is 0 Å². The van der Waals surface area contributed by atoms with Crippen LogP contribution in [-0.2, 0) is 4.79 Å². The maximum Gasteiger partial charge on any atom is 0.282 e. The molecule has 3 heteroatoms. The van der Waals surface area contributed by atoms with E-state index in [2.05, 4.69) is 66.2 Å². The number of benzene rings is 1. The molecule has 0 heterocycles. The van der Waals surface area contributed by atoms with E-state index in [1.165, 1.54) is 5.56 Å².